The van der Waals surface area contributed by atoms with E-state index in [2.05, 4.69) is 138 Å². The maximum absolute atomic E-state index is 2.59. The fourth-order valence-corrected chi connectivity index (χ4v) is 6.72. The minimum atomic E-state index is 0.278. The van der Waals surface area contributed by atoms with E-state index in [1.807, 2.05) is 0 Å². The predicted molar refractivity (Wildman–Crippen MR) is 166 cm³/mol. The van der Waals surface area contributed by atoms with Crippen LogP contribution in [0.4, 0.5) is 0 Å². The Bertz CT molecular complexity index is 1820. The Morgan fingerprint density at radius 3 is 1.74 bits per heavy atom. The van der Waals surface area contributed by atoms with E-state index in [0.29, 0.717) is 0 Å². The molecule has 2 aliphatic carbocycles. The van der Waals surface area contributed by atoms with Crippen molar-refractivity contribution in [1.82, 2.24) is 4.57 Å². The highest BCUT2D eigenvalue weighted by Gasteiger charge is 2.24. The van der Waals surface area contributed by atoms with Crippen LogP contribution in [0.2, 0.25) is 0 Å². The molecule has 186 valence electrons. The molecule has 0 radical (unpaired) electrons. The minimum Gasteiger partial charge on any atom is -0.333 e. The molecule has 0 fully saturated rings. The average molecular weight is 500 g/mol. The van der Waals surface area contributed by atoms with Gasteiger partial charge in [0.15, 0.2) is 0 Å². The molecule has 2 aliphatic rings. The molecule has 1 unspecified atom stereocenters. The smallest absolute Gasteiger partial charge is 0.0566 e. The molecule has 0 bridgehead atoms. The molecule has 6 aromatic rings. The topological polar surface area (TPSA) is 4.93 Å². The van der Waals surface area contributed by atoms with Gasteiger partial charge in [0.1, 0.15) is 0 Å². The maximum atomic E-state index is 2.59. The highest BCUT2D eigenvalue weighted by atomic mass is 15.0. The van der Waals surface area contributed by atoms with Crippen molar-refractivity contribution in [1.29, 1.82) is 0 Å². The Labute approximate surface area is 229 Å². The molecule has 0 N–H and O–H groups in total. The molecular weight excluding hydrogens is 470 g/mol. The van der Waals surface area contributed by atoms with Crippen molar-refractivity contribution >= 4 is 34.0 Å². The van der Waals surface area contributed by atoms with Gasteiger partial charge in [0.25, 0.3) is 0 Å². The average Bonchev–Trinajstić information content (AvgIpc) is 3.34. The van der Waals surface area contributed by atoms with E-state index in [1.165, 1.54) is 60.8 Å². The van der Waals surface area contributed by atoms with Crippen LogP contribution in [0.5, 0.6) is 0 Å². The lowest BCUT2D eigenvalue weighted by molar-refractivity contribution is 0.631. The maximum Gasteiger partial charge on any atom is 0.0566 e. The second kappa shape index (κ2) is 8.99. The molecule has 1 nitrogen and oxygen atoms in total. The summed E-state index contributed by atoms with van der Waals surface area (Å²) in [6.45, 7) is 0. The molecule has 0 saturated carbocycles. The van der Waals surface area contributed by atoms with E-state index in [-0.39, 0.29) is 6.04 Å². The lowest BCUT2D eigenvalue weighted by Gasteiger charge is -2.27. The summed E-state index contributed by atoms with van der Waals surface area (Å²) in [5.41, 5.74) is 13.5. The van der Waals surface area contributed by atoms with Gasteiger partial charge in [0.2, 0.25) is 0 Å². The van der Waals surface area contributed by atoms with Crippen LogP contribution in [-0.2, 0) is 12.8 Å². The van der Waals surface area contributed by atoms with Crippen molar-refractivity contribution in [3.63, 3.8) is 0 Å². The van der Waals surface area contributed by atoms with Crippen LogP contribution in [-0.4, -0.2) is 4.57 Å². The molecule has 0 spiro atoms. The number of allylic oxidation sites excluding steroid dienone is 2. The molecule has 0 amide bonds. The first-order valence-electron chi connectivity index (χ1n) is 14.0. The number of benzene rings is 5. The largest absolute Gasteiger partial charge is 0.333 e. The van der Waals surface area contributed by atoms with Crippen molar-refractivity contribution in [2.24, 2.45) is 0 Å². The predicted octanol–water partition coefficient (Wildman–Crippen LogP) is 9.90. The molecule has 5 aromatic carbocycles. The third-order valence-electron chi connectivity index (χ3n) is 8.62. The van der Waals surface area contributed by atoms with Crippen LogP contribution in [0, 0.1) is 0 Å². The van der Waals surface area contributed by atoms with Crippen molar-refractivity contribution in [2.75, 3.05) is 0 Å². The van der Waals surface area contributed by atoms with Gasteiger partial charge in [0.05, 0.1) is 6.04 Å². The van der Waals surface area contributed by atoms with Crippen molar-refractivity contribution in [3.05, 3.63) is 144 Å². The summed E-state index contributed by atoms with van der Waals surface area (Å²) in [6, 6.07) is 40.4. The molecule has 8 rings (SSSR count). The molecule has 1 aromatic heterocycles. The lowest BCUT2D eigenvalue weighted by Crippen LogP contribution is -2.15. The number of rotatable bonds is 3. The third-order valence-corrected chi connectivity index (χ3v) is 8.62. The lowest BCUT2D eigenvalue weighted by atomic mass is 9.84. The first-order chi connectivity index (χ1) is 19.3. The number of nitrogens with zero attached hydrogens (tertiary/aromatic N) is 1. The van der Waals surface area contributed by atoms with E-state index in [9.17, 15) is 0 Å². The molecule has 0 aliphatic heterocycles. The van der Waals surface area contributed by atoms with Gasteiger partial charge >= 0.3 is 0 Å². The van der Waals surface area contributed by atoms with Gasteiger partial charge in [-0.2, -0.15) is 0 Å². The number of hydrogen-bond donors (Lipinski definition) is 0. The minimum absolute atomic E-state index is 0.278. The summed E-state index contributed by atoms with van der Waals surface area (Å²) < 4.78 is 2.59. The highest BCUT2D eigenvalue weighted by Crippen LogP contribution is 2.40. The molecule has 1 atom stereocenters. The van der Waals surface area contributed by atoms with Gasteiger partial charge in [-0.1, -0.05) is 109 Å². The van der Waals surface area contributed by atoms with Crippen LogP contribution in [0.1, 0.15) is 34.7 Å². The fraction of sp³-hybridized carbons (Fsp3) is 0.105. The summed E-state index contributed by atoms with van der Waals surface area (Å²) in [7, 11) is 0. The number of hydrogen-bond acceptors (Lipinski definition) is 0. The van der Waals surface area contributed by atoms with Crippen molar-refractivity contribution < 1.29 is 0 Å². The highest BCUT2D eigenvalue weighted by molar-refractivity contribution is 6.10. The van der Waals surface area contributed by atoms with Crippen molar-refractivity contribution in [3.8, 4) is 22.3 Å². The Morgan fingerprint density at radius 2 is 1.13 bits per heavy atom. The number of aromatic nitrogens is 1. The summed E-state index contributed by atoms with van der Waals surface area (Å²) in [4.78, 5) is 0. The zero-order valence-corrected chi connectivity index (χ0v) is 21.8. The normalized spacial score (nSPS) is 15.9. The van der Waals surface area contributed by atoms with E-state index < -0.39 is 0 Å². The Hall–Kier alpha value is -4.62. The van der Waals surface area contributed by atoms with E-state index >= 15 is 0 Å². The molecule has 1 heteroatoms. The summed E-state index contributed by atoms with van der Waals surface area (Å²) >= 11 is 0. The van der Waals surface area contributed by atoms with Gasteiger partial charge in [-0.05, 0) is 88.0 Å². The van der Waals surface area contributed by atoms with Crippen LogP contribution in [0.25, 0.3) is 56.2 Å². The Balaban J connectivity index is 1.34. The van der Waals surface area contributed by atoms with Gasteiger partial charge in [-0.3, -0.25) is 0 Å². The molecule has 39 heavy (non-hydrogen) atoms. The molecule has 1 heterocycles. The quantitative estimate of drug-likeness (QED) is 0.228. The zero-order chi connectivity index (χ0) is 25.8. The zero-order valence-electron chi connectivity index (χ0n) is 21.8. The first-order valence-corrected chi connectivity index (χ1v) is 14.0. The van der Waals surface area contributed by atoms with Crippen LogP contribution >= 0.6 is 0 Å². The standard InChI is InChI=1S/C38H29N/c1-3-9-26(10-4-1)30-18-21-37-35(23-30)36-24-31(27-11-5-2-6-12-27)19-22-38(36)39(37)32-20-17-29-16-15-28-13-7-8-14-33(28)34(29)25-32/h1-7,9-13,15-24,32H,8,14,25H2. The summed E-state index contributed by atoms with van der Waals surface area (Å²) in [5.74, 6) is 0. The van der Waals surface area contributed by atoms with E-state index in [4.69, 9.17) is 0 Å². The number of fused-ring (bicyclic) bond motifs is 6. The van der Waals surface area contributed by atoms with Crippen LogP contribution < -0.4 is 0 Å². The summed E-state index contributed by atoms with van der Waals surface area (Å²) in [6.07, 6.45) is 12.7. The van der Waals surface area contributed by atoms with Gasteiger partial charge in [0, 0.05) is 21.8 Å². The van der Waals surface area contributed by atoms with Gasteiger partial charge in [-0.15, -0.1) is 0 Å². The summed E-state index contributed by atoms with van der Waals surface area (Å²) in [5, 5.41) is 2.64. The van der Waals surface area contributed by atoms with E-state index in [0.717, 1.165) is 19.3 Å². The molecule has 0 saturated heterocycles. The second-order valence-corrected chi connectivity index (χ2v) is 10.8. The molecular formula is C38H29N. The first kappa shape index (κ1) is 22.4. The SMILES string of the molecule is C1=Cc2ccc3c(c2CC1)CC(n1c2ccc(-c4ccccc4)cc2c2cc(-c4ccccc4)ccc21)C=C3. The third kappa shape index (κ3) is 3.69. The second-order valence-electron chi connectivity index (χ2n) is 10.8. The van der Waals surface area contributed by atoms with Gasteiger partial charge in [-0.25, -0.2) is 0 Å². The Kier molecular flexibility index (Phi) is 5.16. The Morgan fingerprint density at radius 1 is 0.538 bits per heavy atom. The van der Waals surface area contributed by atoms with Gasteiger partial charge < -0.3 is 4.57 Å². The fourth-order valence-electron chi connectivity index (χ4n) is 6.72. The van der Waals surface area contributed by atoms with Crippen LogP contribution in [0.3, 0.4) is 0 Å². The monoisotopic (exact) mass is 499 g/mol. The van der Waals surface area contributed by atoms with E-state index in [1.54, 1.807) is 5.56 Å². The van der Waals surface area contributed by atoms with Crippen molar-refractivity contribution in [2.45, 2.75) is 25.3 Å². The van der Waals surface area contributed by atoms with Crippen LogP contribution in [0.15, 0.2) is 121 Å².